The lowest BCUT2D eigenvalue weighted by Gasteiger charge is -2.26. The lowest BCUT2D eigenvalue weighted by Crippen LogP contribution is -2.57. The summed E-state index contributed by atoms with van der Waals surface area (Å²) in [7, 11) is 0. The molecule has 66 heavy (non-hydrogen) atoms. The molecule has 1 aliphatic heterocycles. The van der Waals surface area contributed by atoms with Gasteiger partial charge in [0.05, 0.1) is 17.3 Å². The van der Waals surface area contributed by atoms with Gasteiger partial charge in [-0.3, -0.25) is 38.5 Å². The Labute approximate surface area is 386 Å². The molecule has 2 bridgehead atoms. The second-order valence-electron chi connectivity index (χ2n) is 17.4. The van der Waals surface area contributed by atoms with Gasteiger partial charge < -0.3 is 31.9 Å². The zero-order chi connectivity index (χ0) is 47.6. The Morgan fingerprint density at radius 3 is 1.64 bits per heavy atom. The Morgan fingerprint density at radius 2 is 1.14 bits per heavy atom. The van der Waals surface area contributed by atoms with Gasteiger partial charge in [0.2, 0.25) is 23.6 Å². The number of nitrogens with one attached hydrogen (secondary N) is 7. The standard InChI is InChI=1S/C50H61N9O7/c1-31(2)23-40-47(63)57-42(25-34-13-8-6-9-14-34)46(62)52-22-12-17-39(50(66)59-53-28-36-20-18-33(5)19-21-36)54-49(65)43(26-35-15-10-7-11-16-35)58-48(64)41(24-32(3)4)56-45(61)38-27-37(29-51-30-38)44(60)55-40/h6-11,13-16,18-21,27-32,39-43H,12,17,22-26H2,1-5H3,(H,52,62)(H,54,65)(H,55,60)(H,56,61)(H,57,63)(H,58,64)(H,59,66)/t39-,40-,41-,42-,43-/m0/s1. The van der Waals surface area contributed by atoms with Crippen LogP contribution in [0.15, 0.2) is 108 Å². The first-order valence-electron chi connectivity index (χ1n) is 22.4. The predicted molar refractivity (Wildman–Crippen MR) is 251 cm³/mol. The summed E-state index contributed by atoms with van der Waals surface area (Å²) in [6, 6.07) is 21.4. The van der Waals surface area contributed by atoms with E-state index in [1.165, 1.54) is 24.7 Å². The Balaban J connectivity index is 1.50. The highest BCUT2D eigenvalue weighted by atomic mass is 16.2. The van der Waals surface area contributed by atoms with Gasteiger partial charge in [-0.15, -0.1) is 0 Å². The topological polar surface area (TPSA) is 229 Å². The van der Waals surface area contributed by atoms with Crippen LogP contribution in [0.5, 0.6) is 0 Å². The number of pyridine rings is 1. The average molecular weight is 900 g/mol. The van der Waals surface area contributed by atoms with Crippen molar-refractivity contribution in [1.82, 2.24) is 42.3 Å². The molecule has 7 amide bonds. The summed E-state index contributed by atoms with van der Waals surface area (Å²) in [5.74, 6) is -4.55. The quantitative estimate of drug-likeness (QED) is 0.0866. The fourth-order valence-electron chi connectivity index (χ4n) is 7.32. The van der Waals surface area contributed by atoms with Gasteiger partial charge in [0.25, 0.3) is 17.7 Å². The number of carbonyl (C=O) groups is 7. The van der Waals surface area contributed by atoms with Crippen LogP contribution in [0.25, 0.3) is 0 Å². The number of amides is 7. The summed E-state index contributed by atoms with van der Waals surface area (Å²) in [6.45, 7) is 9.55. The number of hydrogen-bond donors (Lipinski definition) is 7. The molecule has 1 aromatic heterocycles. The molecule has 348 valence electrons. The van der Waals surface area contributed by atoms with Crippen molar-refractivity contribution < 1.29 is 33.6 Å². The van der Waals surface area contributed by atoms with Crippen molar-refractivity contribution in [3.63, 3.8) is 0 Å². The molecule has 0 spiro atoms. The molecule has 0 fully saturated rings. The van der Waals surface area contributed by atoms with Gasteiger partial charge in [0, 0.05) is 31.8 Å². The van der Waals surface area contributed by atoms with Crippen LogP contribution < -0.4 is 37.3 Å². The summed E-state index contributed by atoms with van der Waals surface area (Å²) in [6.07, 6.45) is 4.84. The van der Waals surface area contributed by atoms with Crippen LogP contribution in [0.4, 0.5) is 0 Å². The maximum atomic E-state index is 14.3. The Bertz CT molecular complexity index is 2320. The number of hydrazone groups is 1. The van der Waals surface area contributed by atoms with Crippen LogP contribution in [0.3, 0.4) is 0 Å². The first kappa shape index (κ1) is 49.8. The fraction of sp³-hybridized carbons (Fsp3) is 0.380. The monoisotopic (exact) mass is 899 g/mol. The number of fused-ring (bicyclic) bond motifs is 2. The van der Waals surface area contributed by atoms with Crippen LogP contribution in [-0.4, -0.2) is 89.3 Å². The van der Waals surface area contributed by atoms with Crippen LogP contribution in [-0.2, 0) is 36.8 Å². The van der Waals surface area contributed by atoms with E-state index in [4.69, 9.17) is 0 Å². The summed E-state index contributed by atoms with van der Waals surface area (Å²) in [5.41, 5.74) is 5.78. The molecular weight excluding hydrogens is 839 g/mol. The van der Waals surface area contributed by atoms with Crippen molar-refractivity contribution in [2.75, 3.05) is 6.54 Å². The highest BCUT2D eigenvalue weighted by Crippen LogP contribution is 2.14. The van der Waals surface area contributed by atoms with Crippen molar-refractivity contribution in [2.24, 2.45) is 16.9 Å². The molecule has 0 saturated carbocycles. The second-order valence-corrected chi connectivity index (χ2v) is 17.4. The molecule has 5 rings (SSSR count). The van der Waals surface area contributed by atoms with E-state index in [2.05, 4.69) is 47.4 Å². The lowest BCUT2D eigenvalue weighted by atomic mass is 10.00. The Morgan fingerprint density at radius 1 is 0.652 bits per heavy atom. The summed E-state index contributed by atoms with van der Waals surface area (Å²) in [4.78, 5) is 102. The average Bonchev–Trinajstić information content (AvgIpc) is 3.29. The molecule has 3 aromatic carbocycles. The second kappa shape index (κ2) is 24.7. The number of aromatic nitrogens is 1. The number of carbonyl (C=O) groups excluding carboxylic acids is 7. The van der Waals surface area contributed by atoms with Crippen molar-refractivity contribution in [3.8, 4) is 0 Å². The van der Waals surface area contributed by atoms with E-state index in [0.717, 1.165) is 22.3 Å². The molecule has 0 unspecified atom stereocenters. The number of hydrogen-bond acceptors (Lipinski definition) is 9. The molecule has 0 radical (unpaired) electrons. The summed E-state index contributed by atoms with van der Waals surface area (Å²) < 4.78 is 0. The van der Waals surface area contributed by atoms with Gasteiger partial charge in [0.15, 0.2) is 0 Å². The molecule has 2 heterocycles. The van der Waals surface area contributed by atoms with E-state index in [-0.39, 0.29) is 68.0 Å². The van der Waals surface area contributed by atoms with E-state index < -0.39 is 71.6 Å². The molecule has 16 nitrogen and oxygen atoms in total. The van der Waals surface area contributed by atoms with Crippen LogP contribution in [0, 0.1) is 18.8 Å². The SMILES string of the molecule is Cc1ccc(C=NNC(=O)[C@@H]2CCCNC(=O)[C@H](Cc3ccccc3)NC(=O)[C@H](CC(C)C)NC(=O)c3cncc(c3)C(=O)N[C@@H](CC(C)C)C(=O)N[C@@H](Cc3ccccc3)C(=O)N2)cc1. The predicted octanol–water partition coefficient (Wildman–Crippen LogP) is 3.68. The van der Waals surface area contributed by atoms with Crippen LogP contribution in [0.1, 0.15) is 96.3 Å². The van der Waals surface area contributed by atoms with E-state index in [1.807, 2.05) is 95.3 Å². The Hall–Kier alpha value is -7.23. The third-order valence-corrected chi connectivity index (χ3v) is 10.8. The van der Waals surface area contributed by atoms with Crippen molar-refractivity contribution >= 4 is 47.6 Å². The number of benzene rings is 3. The zero-order valence-corrected chi connectivity index (χ0v) is 38.1. The van der Waals surface area contributed by atoms with Gasteiger partial charge in [-0.25, -0.2) is 5.43 Å². The summed E-state index contributed by atoms with van der Waals surface area (Å²) >= 11 is 0. The third kappa shape index (κ3) is 15.8. The maximum Gasteiger partial charge on any atom is 0.262 e. The van der Waals surface area contributed by atoms with Gasteiger partial charge in [-0.1, -0.05) is 118 Å². The molecule has 16 heteroatoms. The van der Waals surface area contributed by atoms with E-state index in [1.54, 1.807) is 24.3 Å². The first-order chi connectivity index (χ1) is 31.6. The molecule has 7 N–H and O–H groups in total. The fourth-order valence-corrected chi connectivity index (χ4v) is 7.32. The van der Waals surface area contributed by atoms with E-state index >= 15 is 0 Å². The number of nitrogens with zero attached hydrogens (tertiary/aromatic N) is 2. The normalized spacial score (nSPS) is 20.7. The number of aryl methyl sites for hydroxylation is 1. The minimum absolute atomic E-state index is 0.00920. The third-order valence-electron chi connectivity index (χ3n) is 10.8. The molecular formula is C50H61N9O7. The smallest absolute Gasteiger partial charge is 0.262 e. The molecule has 0 aliphatic carbocycles. The van der Waals surface area contributed by atoms with E-state index in [0.29, 0.717) is 0 Å². The van der Waals surface area contributed by atoms with Crippen molar-refractivity contribution in [3.05, 3.63) is 137 Å². The number of rotatable bonds is 11. The van der Waals surface area contributed by atoms with Crippen LogP contribution in [0.2, 0.25) is 0 Å². The van der Waals surface area contributed by atoms with Crippen molar-refractivity contribution in [1.29, 1.82) is 0 Å². The highest BCUT2D eigenvalue weighted by Gasteiger charge is 2.32. The van der Waals surface area contributed by atoms with Crippen LogP contribution >= 0.6 is 0 Å². The van der Waals surface area contributed by atoms with Gasteiger partial charge in [-0.2, -0.15) is 5.10 Å². The largest absolute Gasteiger partial charge is 0.354 e. The lowest BCUT2D eigenvalue weighted by molar-refractivity contribution is -0.132. The van der Waals surface area contributed by atoms with Gasteiger partial charge >= 0.3 is 0 Å². The van der Waals surface area contributed by atoms with Gasteiger partial charge in [-0.05, 0) is 67.2 Å². The summed E-state index contributed by atoms with van der Waals surface area (Å²) in [5, 5.41) is 21.0. The molecule has 1 aliphatic rings. The van der Waals surface area contributed by atoms with E-state index in [9.17, 15) is 33.6 Å². The van der Waals surface area contributed by atoms with Crippen molar-refractivity contribution in [2.45, 2.75) is 103 Å². The minimum atomic E-state index is -1.20. The molecule has 5 atom stereocenters. The minimum Gasteiger partial charge on any atom is -0.354 e. The molecule has 4 aromatic rings. The van der Waals surface area contributed by atoms with Gasteiger partial charge in [0.1, 0.15) is 30.2 Å². The maximum absolute atomic E-state index is 14.3. The highest BCUT2D eigenvalue weighted by molar-refractivity contribution is 6.02. The molecule has 0 saturated heterocycles. The zero-order valence-electron chi connectivity index (χ0n) is 38.1. The Kier molecular flexibility index (Phi) is 18.7. The first-order valence-corrected chi connectivity index (χ1v) is 22.4.